The van der Waals surface area contributed by atoms with Crippen molar-refractivity contribution in [3.63, 3.8) is 0 Å². The molecule has 1 heterocycles. The van der Waals surface area contributed by atoms with Crippen molar-refractivity contribution in [3.8, 4) is 5.69 Å². The molecule has 0 aliphatic heterocycles. The van der Waals surface area contributed by atoms with E-state index in [4.69, 9.17) is 17.4 Å². The topological polar surface area (TPSA) is 77.0 Å². The van der Waals surface area contributed by atoms with Gasteiger partial charge in [0.05, 0.1) is 10.7 Å². The Hall–Kier alpha value is -1.44. The number of nitrogens with two attached hydrogens (primary N) is 1. The van der Waals surface area contributed by atoms with Crippen LogP contribution >= 0.6 is 27.5 Å². The van der Waals surface area contributed by atoms with Crippen LogP contribution in [0.25, 0.3) is 5.69 Å². The van der Waals surface area contributed by atoms with Gasteiger partial charge in [0.1, 0.15) is 6.33 Å². The average molecular weight is 331 g/mol. The van der Waals surface area contributed by atoms with Gasteiger partial charge in [-0.2, -0.15) is 4.98 Å². The molecule has 0 bridgehead atoms. The molecule has 2 rings (SSSR count). The summed E-state index contributed by atoms with van der Waals surface area (Å²) in [7, 11) is 1.55. The van der Waals surface area contributed by atoms with E-state index in [2.05, 4.69) is 25.9 Å². The largest absolute Gasteiger partial charge is 0.356 e. The van der Waals surface area contributed by atoms with Crippen LogP contribution in [0.2, 0.25) is 5.02 Å². The Balaban J connectivity index is 2.63. The number of hydrogen-bond donors (Lipinski definition) is 1. The quantitative estimate of drug-likeness (QED) is 0.664. The first kappa shape index (κ1) is 13.0. The number of benzene rings is 1. The maximum absolute atomic E-state index is 11.9. The van der Waals surface area contributed by atoms with Crippen LogP contribution in [-0.4, -0.2) is 21.6 Å². The minimum Gasteiger partial charge on any atom is -0.282 e. The summed E-state index contributed by atoms with van der Waals surface area (Å²) < 4.78 is 1.92. The standard InChI is InChI=1S/C10H9BrClN5O/c1-16(13)9-14-5-17(10(18)15-9)8-6(11)3-2-4-7(8)12/h2-5H,13H2,1H3. The van der Waals surface area contributed by atoms with Gasteiger partial charge < -0.3 is 0 Å². The van der Waals surface area contributed by atoms with Crippen LogP contribution in [0, 0.1) is 0 Å². The van der Waals surface area contributed by atoms with Gasteiger partial charge in [0.15, 0.2) is 0 Å². The highest BCUT2D eigenvalue weighted by molar-refractivity contribution is 9.10. The molecule has 0 amide bonds. The molecule has 0 spiro atoms. The highest BCUT2D eigenvalue weighted by Crippen LogP contribution is 2.27. The van der Waals surface area contributed by atoms with E-state index in [0.717, 1.165) is 5.01 Å². The Morgan fingerprint density at radius 2 is 2.22 bits per heavy atom. The summed E-state index contributed by atoms with van der Waals surface area (Å²) in [6.07, 6.45) is 1.33. The number of aromatic nitrogens is 3. The minimum absolute atomic E-state index is 0.138. The predicted octanol–water partition coefficient (Wildman–Crippen LogP) is 1.35. The Bertz CT molecular complexity index is 622. The summed E-state index contributed by atoms with van der Waals surface area (Å²) in [5.41, 5.74) is -0.0125. The van der Waals surface area contributed by atoms with E-state index >= 15 is 0 Å². The number of halogens is 2. The Morgan fingerprint density at radius 1 is 1.50 bits per heavy atom. The molecule has 0 saturated heterocycles. The third kappa shape index (κ3) is 2.38. The summed E-state index contributed by atoms with van der Waals surface area (Å²) in [5.74, 6) is 5.59. The van der Waals surface area contributed by atoms with Crippen LogP contribution in [-0.2, 0) is 0 Å². The van der Waals surface area contributed by atoms with Crippen LogP contribution < -0.4 is 16.5 Å². The molecule has 1 aromatic carbocycles. The van der Waals surface area contributed by atoms with E-state index in [-0.39, 0.29) is 5.95 Å². The van der Waals surface area contributed by atoms with Crippen molar-refractivity contribution in [3.05, 3.63) is 44.5 Å². The normalized spacial score (nSPS) is 10.4. The molecule has 2 aromatic rings. The third-order valence-electron chi connectivity index (χ3n) is 2.18. The lowest BCUT2D eigenvalue weighted by atomic mass is 10.3. The van der Waals surface area contributed by atoms with Crippen molar-refractivity contribution >= 4 is 33.5 Å². The second kappa shape index (κ2) is 5.05. The highest BCUT2D eigenvalue weighted by Gasteiger charge is 2.11. The van der Waals surface area contributed by atoms with Crippen molar-refractivity contribution in [1.82, 2.24) is 14.5 Å². The molecule has 0 saturated carbocycles. The zero-order valence-corrected chi connectivity index (χ0v) is 11.7. The first-order chi connectivity index (χ1) is 8.50. The van der Waals surface area contributed by atoms with E-state index < -0.39 is 5.69 Å². The van der Waals surface area contributed by atoms with Gasteiger partial charge in [0.25, 0.3) is 0 Å². The minimum atomic E-state index is -0.508. The van der Waals surface area contributed by atoms with Crippen molar-refractivity contribution in [2.75, 3.05) is 12.1 Å². The molecule has 18 heavy (non-hydrogen) atoms. The SMILES string of the molecule is CN(N)c1ncn(-c2c(Cl)cccc2Br)c(=O)n1. The summed E-state index contributed by atoms with van der Waals surface area (Å²) in [4.78, 5) is 19.6. The van der Waals surface area contributed by atoms with Crippen LogP contribution in [0.3, 0.4) is 0 Å². The van der Waals surface area contributed by atoms with E-state index in [0.29, 0.717) is 15.2 Å². The molecule has 0 unspecified atom stereocenters. The van der Waals surface area contributed by atoms with Crippen LogP contribution in [0.1, 0.15) is 0 Å². The zero-order chi connectivity index (χ0) is 13.3. The number of rotatable bonds is 2. The molecule has 8 heteroatoms. The van der Waals surface area contributed by atoms with Gasteiger partial charge in [-0.15, -0.1) is 0 Å². The van der Waals surface area contributed by atoms with E-state index in [1.165, 1.54) is 10.9 Å². The third-order valence-corrected chi connectivity index (χ3v) is 3.13. The van der Waals surface area contributed by atoms with Crippen molar-refractivity contribution < 1.29 is 0 Å². The monoisotopic (exact) mass is 329 g/mol. The molecule has 0 aliphatic rings. The number of nitrogens with zero attached hydrogens (tertiary/aromatic N) is 4. The van der Waals surface area contributed by atoms with E-state index in [1.54, 1.807) is 25.2 Å². The van der Waals surface area contributed by atoms with Gasteiger partial charge in [-0.1, -0.05) is 17.7 Å². The molecule has 0 atom stereocenters. The molecular weight excluding hydrogens is 322 g/mol. The molecule has 6 nitrogen and oxygen atoms in total. The second-order valence-corrected chi connectivity index (χ2v) is 4.75. The molecule has 2 N–H and O–H groups in total. The molecule has 1 aromatic heterocycles. The van der Waals surface area contributed by atoms with E-state index in [1.807, 2.05) is 0 Å². The lowest BCUT2D eigenvalue weighted by Crippen LogP contribution is -2.32. The Labute approximate surface area is 116 Å². The van der Waals surface area contributed by atoms with Crippen LogP contribution in [0.5, 0.6) is 0 Å². The van der Waals surface area contributed by atoms with Gasteiger partial charge in [0.2, 0.25) is 5.95 Å². The zero-order valence-electron chi connectivity index (χ0n) is 9.34. The number of para-hydroxylation sites is 1. The average Bonchev–Trinajstić information content (AvgIpc) is 2.30. The lowest BCUT2D eigenvalue weighted by Gasteiger charge is -2.12. The fourth-order valence-electron chi connectivity index (χ4n) is 1.37. The smallest absolute Gasteiger partial charge is 0.282 e. The van der Waals surface area contributed by atoms with Gasteiger partial charge in [-0.25, -0.2) is 20.2 Å². The van der Waals surface area contributed by atoms with Gasteiger partial charge in [-0.05, 0) is 28.1 Å². The summed E-state index contributed by atoms with van der Waals surface area (Å²) >= 11 is 9.39. The Morgan fingerprint density at radius 3 is 2.78 bits per heavy atom. The van der Waals surface area contributed by atoms with Gasteiger partial charge >= 0.3 is 5.69 Å². The summed E-state index contributed by atoms with van der Waals surface area (Å²) in [6.45, 7) is 0. The van der Waals surface area contributed by atoms with Crippen LogP contribution in [0.15, 0.2) is 33.8 Å². The molecular formula is C10H9BrClN5O. The fourth-order valence-corrected chi connectivity index (χ4v) is 2.31. The summed E-state index contributed by atoms with van der Waals surface area (Å²) in [5, 5.41) is 1.58. The first-order valence-corrected chi connectivity index (χ1v) is 6.06. The summed E-state index contributed by atoms with van der Waals surface area (Å²) in [6, 6.07) is 5.22. The van der Waals surface area contributed by atoms with Crippen molar-refractivity contribution in [2.45, 2.75) is 0 Å². The van der Waals surface area contributed by atoms with Gasteiger partial charge in [-0.3, -0.25) is 5.01 Å². The number of anilines is 1. The second-order valence-electron chi connectivity index (χ2n) is 3.49. The molecule has 0 fully saturated rings. The predicted molar refractivity (Wildman–Crippen MR) is 72.9 cm³/mol. The first-order valence-electron chi connectivity index (χ1n) is 4.89. The number of hydrogen-bond acceptors (Lipinski definition) is 5. The van der Waals surface area contributed by atoms with Gasteiger partial charge in [0, 0.05) is 11.5 Å². The van der Waals surface area contributed by atoms with Crippen molar-refractivity contribution in [2.24, 2.45) is 5.84 Å². The fraction of sp³-hybridized carbons (Fsp3) is 0.100. The van der Waals surface area contributed by atoms with Crippen molar-refractivity contribution in [1.29, 1.82) is 0 Å². The maximum Gasteiger partial charge on any atom is 0.356 e. The highest BCUT2D eigenvalue weighted by atomic mass is 79.9. The molecule has 94 valence electrons. The van der Waals surface area contributed by atoms with Crippen LogP contribution in [0.4, 0.5) is 5.95 Å². The Kier molecular flexibility index (Phi) is 3.65. The molecule has 0 aliphatic carbocycles. The lowest BCUT2D eigenvalue weighted by molar-refractivity contribution is 0.817. The maximum atomic E-state index is 11.9. The molecule has 0 radical (unpaired) electrons. The van der Waals surface area contributed by atoms with E-state index in [9.17, 15) is 4.79 Å². The number of hydrazine groups is 1.